The van der Waals surface area contributed by atoms with E-state index in [0.29, 0.717) is 18.4 Å². The highest BCUT2D eigenvalue weighted by molar-refractivity contribution is 5.17. The Morgan fingerprint density at radius 1 is 1.56 bits per heavy atom. The van der Waals surface area contributed by atoms with Crippen molar-refractivity contribution in [2.45, 2.75) is 25.3 Å². The molecule has 0 saturated carbocycles. The highest BCUT2D eigenvalue weighted by Crippen LogP contribution is 2.17. The van der Waals surface area contributed by atoms with Crippen LogP contribution in [0.2, 0.25) is 0 Å². The summed E-state index contributed by atoms with van der Waals surface area (Å²) in [5.41, 5.74) is 0. The molecule has 0 bridgehead atoms. The lowest BCUT2D eigenvalue weighted by atomic mass is 10.0. The van der Waals surface area contributed by atoms with Crippen molar-refractivity contribution in [1.82, 2.24) is 9.88 Å². The van der Waals surface area contributed by atoms with E-state index < -0.39 is 5.95 Å². The van der Waals surface area contributed by atoms with Gasteiger partial charge in [-0.2, -0.15) is 4.39 Å². The maximum Gasteiger partial charge on any atom is 0.216 e. The van der Waals surface area contributed by atoms with Gasteiger partial charge in [-0.3, -0.25) is 0 Å². The Bertz CT molecular complexity index is 346. The zero-order valence-corrected chi connectivity index (χ0v) is 9.53. The summed E-state index contributed by atoms with van der Waals surface area (Å²) in [7, 11) is 2.11. The number of piperidine rings is 1. The quantitative estimate of drug-likeness (QED) is 0.735. The number of likely N-dealkylation sites (tertiary alicyclic amines) is 1. The summed E-state index contributed by atoms with van der Waals surface area (Å²) in [6.07, 6.45) is 5.10. The monoisotopic (exact) mass is 224 g/mol. The predicted octanol–water partition coefficient (Wildman–Crippen LogP) is 2.08. The van der Waals surface area contributed by atoms with E-state index in [0.717, 1.165) is 13.0 Å². The van der Waals surface area contributed by atoms with Gasteiger partial charge in [-0.05, 0) is 32.5 Å². The number of rotatable bonds is 3. The summed E-state index contributed by atoms with van der Waals surface area (Å²) in [5.74, 6) is 0.0703. The second-order valence-electron chi connectivity index (χ2n) is 4.26. The highest BCUT2D eigenvalue weighted by Gasteiger charge is 2.19. The first-order chi connectivity index (χ1) is 7.75. The highest BCUT2D eigenvalue weighted by atomic mass is 19.1. The minimum atomic E-state index is -0.491. The Morgan fingerprint density at radius 3 is 3.19 bits per heavy atom. The first kappa shape index (κ1) is 11.3. The average Bonchev–Trinajstić information content (AvgIpc) is 2.28. The zero-order chi connectivity index (χ0) is 11.4. The number of aromatic nitrogens is 1. The predicted molar refractivity (Wildman–Crippen MR) is 60.0 cm³/mol. The molecule has 0 spiro atoms. The summed E-state index contributed by atoms with van der Waals surface area (Å²) in [6.45, 7) is 1.75. The summed E-state index contributed by atoms with van der Waals surface area (Å²) < 4.78 is 18.4. The molecular formula is C12H17FN2O. The van der Waals surface area contributed by atoms with Gasteiger partial charge in [-0.25, -0.2) is 4.98 Å². The largest absolute Gasteiger partial charge is 0.492 e. The Balaban J connectivity index is 1.86. The van der Waals surface area contributed by atoms with Crippen LogP contribution in [-0.4, -0.2) is 36.1 Å². The molecule has 3 nitrogen and oxygen atoms in total. The van der Waals surface area contributed by atoms with Crippen molar-refractivity contribution in [2.75, 3.05) is 20.2 Å². The molecule has 0 N–H and O–H groups in total. The van der Waals surface area contributed by atoms with Crippen LogP contribution in [0.15, 0.2) is 18.3 Å². The van der Waals surface area contributed by atoms with Crippen LogP contribution in [0.3, 0.4) is 0 Å². The number of pyridine rings is 1. The van der Waals surface area contributed by atoms with Crippen molar-refractivity contribution in [2.24, 2.45) is 0 Å². The van der Waals surface area contributed by atoms with Crippen molar-refractivity contribution >= 4 is 0 Å². The summed E-state index contributed by atoms with van der Waals surface area (Å²) >= 11 is 0. The van der Waals surface area contributed by atoms with Gasteiger partial charge >= 0.3 is 0 Å². The standard InChI is InChI=1S/C12H17FN2O/c1-15-7-3-2-4-10(15)9-16-11-5-6-14-12(13)8-11/h5-6,8,10H,2-4,7,9H2,1H3. The van der Waals surface area contributed by atoms with E-state index in [1.54, 1.807) is 6.07 Å². The molecule has 4 heteroatoms. The van der Waals surface area contributed by atoms with Crippen molar-refractivity contribution in [1.29, 1.82) is 0 Å². The van der Waals surface area contributed by atoms with Gasteiger partial charge in [-0.15, -0.1) is 0 Å². The van der Waals surface area contributed by atoms with Gasteiger partial charge in [0.2, 0.25) is 5.95 Å². The zero-order valence-electron chi connectivity index (χ0n) is 9.53. The van der Waals surface area contributed by atoms with Crippen LogP contribution >= 0.6 is 0 Å². The summed E-state index contributed by atoms with van der Waals surface area (Å²) in [6, 6.07) is 3.46. The number of halogens is 1. The van der Waals surface area contributed by atoms with Gasteiger partial charge in [0.25, 0.3) is 0 Å². The van der Waals surface area contributed by atoms with Gasteiger partial charge in [0.1, 0.15) is 12.4 Å². The fraction of sp³-hybridized carbons (Fsp3) is 0.583. The van der Waals surface area contributed by atoms with Crippen LogP contribution in [0.4, 0.5) is 4.39 Å². The van der Waals surface area contributed by atoms with Gasteiger partial charge in [0.15, 0.2) is 0 Å². The molecule has 1 aromatic heterocycles. The molecule has 16 heavy (non-hydrogen) atoms. The van der Waals surface area contributed by atoms with E-state index in [1.165, 1.54) is 25.1 Å². The molecule has 0 amide bonds. The minimum Gasteiger partial charge on any atom is -0.492 e. The third kappa shape index (κ3) is 2.92. The molecule has 1 saturated heterocycles. The lowest BCUT2D eigenvalue weighted by Crippen LogP contribution is -2.40. The van der Waals surface area contributed by atoms with Crippen LogP contribution in [0.25, 0.3) is 0 Å². The minimum absolute atomic E-state index is 0.449. The van der Waals surface area contributed by atoms with Crippen LogP contribution in [0, 0.1) is 5.95 Å². The topological polar surface area (TPSA) is 25.4 Å². The van der Waals surface area contributed by atoms with E-state index in [9.17, 15) is 4.39 Å². The van der Waals surface area contributed by atoms with E-state index in [4.69, 9.17) is 4.74 Å². The fourth-order valence-corrected chi connectivity index (χ4v) is 2.02. The Hall–Kier alpha value is -1.16. The summed E-state index contributed by atoms with van der Waals surface area (Å²) in [4.78, 5) is 5.80. The number of hydrogen-bond acceptors (Lipinski definition) is 3. The molecule has 0 aromatic carbocycles. The first-order valence-electron chi connectivity index (χ1n) is 5.70. The molecule has 1 fully saturated rings. The maximum atomic E-state index is 12.8. The molecule has 2 rings (SSSR count). The number of nitrogens with zero attached hydrogens (tertiary/aromatic N) is 2. The fourth-order valence-electron chi connectivity index (χ4n) is 2.02. The smallest absolute Gasteiger partial charge is 0.216 e. The van der Waals surface area contributed by atoms with E-state index in [-0.39, 0.29) is 0 Å². The van der Waals surface area contributed by atoms with Crippen LogP contribution in [0.5, 0.6) is 5.75 Å². The van der Waals surface area contributed by atoms with Crippen molar-refractivity contribution in [3.8, 4) is 5.75 Å². The second kappa shape index (κ2) is 5.25. The average molecular weight is 224 g/mol. The lowest BCUT2D eigenvalue weighted by Gasteiger charge is -2.32. The normalized spacial score (nSPS) is 22.0. The summed E-state index contributed by atoms with van der Waals surface area (Å²) in [5, 5.41) is 0. The van der Waals surface area contributed by atoms with Crippen LogP contribution in [0.1, 0.15) is 19.3 Å². The Morgan fingerprint density at radius 2 is 2.44 bits per heavy atom. The number of likely N-dealkylation sites (N-methyl/N-ethyl adjacent to an activating group) is 1. The molecule has 0 aliphatic carbocycles. The molecule has 1 aliphatic heterocycles. The van der Waals surface area contributed by atoms with Gasteiger partial charge in [0.05, 0.1) is 0 Å². The first-order valence-corrected chi connectivity index (χ1v) is 5.70. The van der Waals surface area contributed by atoms with E-state index >= 15 is 0 Å². The molecular weight excluding hydrogens is 207 g/mol. The van der Waals surface area contributed by atoms with Crippen molar-refractivity contribution < 1.29 is 9.13 Å². The number of hydrogen-bond donors (Lipinski definition) is 0. The molecule has 1 unspecified atom stereocenters. The Kier molecular flexibility index (Phi) is 3.72. The molecule has 0 radical (unpaired) electrons. The van der Waals surface area contributed by atoms with Gasteiger partial charge < -0.3 is 9.64 Å². The number of ether oxygens (including phenoxy) is 1. The van der Waals surface area contributed by atoms with Gasteiger partial charge in [-0.1, -0.05) is 6.42 Å². The van der Waals surface area contributed by atoms with Crippen molar-refractivity contribution in [3.63, 3.8) is 0 Å². The molecule has 1 aliphatic rings. The molecule has 2 heterocycles. The van der Waals surface area contributed by atoms with Crippen molar-refractivity contribution in [3.05, 3.63) is 24.3 Å². The third-order valence-corrected chi connectivity index (χ3v) is 3.06. The van der Waals surface area contributed by atoms with Gasteiger partial charge in [0, 0.05) is 18.3 Å². The van der Waals surface area contributed by atoms with Crippen LogP contribution in [-0.2, 0) is 0 Å². The molecule has 88 valence electrons. The third-order valence-electron chi connectivity index (χ3n) is 3.06. The van der Waals surface area contributed by atoms with Crippen LogP contribution < -0.4 is 4.74 Å². The SMILES string of the molecule is CN1CCCCC1COc1ccnc(F)c1. The Labute approximate surface area is 95.2 Å². The lowest BCUT2D eigenvalue weighted by molar-refractivity contribution is 0.125. The molecule has 1 atom stereocenters. The second-order valence-corrected chi connectivity index (χ2v) is 4.26. The van der Waals surface area contributed by atoms with E-state index in [2.05, 4.69) is 16.9 Å². The molecule has 1 aromatic rings. The maximum absolute atomic E-state index is 12.8. The van der Waals surface area contributed by atoms with E-state index in [1.807, 2.05) is 0 Å².